The molecule has 0 amide bonds. The number of benzene rings is 2. The highest BCUT2D eigenvalue weighted by Gasteiger charge is 2.33. The van der Waals surface area contributed by atoms with Crippen LogP contribution < -0.4 is 0 Å². The third-order valence-corrected chi connectivity index (χ3v) is 7.23. The molecule has 1 aliphatic heterocycles. The summed E-state index contributed by atoms with van der Waals surface area (Å²) in [4.78, 5) is 17.9. The number of carbonyl (C=O) groups excluding carboxylic acids is 1. The van der Waals surface area contributed by atoms with Gasteiger partial charge in [0, 0.05) is 17.1 Å². The van der Waals surface area contributed by atoms with E-state index < -0.39 is 5.97 Å². The van der Waals surface area contributed by atoms with Gasteiger partial charge >= 0.3 is 5.97 Å². The van der Waals surface area contributed by atoms with Crippen LogP contribution in [-0.2, 0) is 9.53 Å². The Bertz CT molecular complexity index is 1390. The van der Waals surface area contributed by atoms with Crippen molar-refractivity contribution in [2.75, 3.05) is 6.61 Å². The number of aliphatic hydroxyl groups excluding tert-OH is 1. The van der Waals surface area contributed by atoms with Gasteiger partial charge in [0.1, 0.15) is 16.4 Å². The van der Waals surface area contributed by atoms with E-state index >= 15 is 0 Å². The topological polar surface area (TPSA) is 63.8 Å². The number of carbonyl (C=O) groups is 1. The number of aliphatic imine (C=N–C) groups is 1. The number of nitrogens with zero attached hydrogens (tertiary/aromatic N) is 2. The summed E-state index contributed by atoms with van der Waals surface area (Å²) >= 11 is 1.28. The van der Waals surface area contributed by atoms with Crippen LogP contribution in [0.4, 0.5) is 5.69 Å². The van der Waals surface area contributed by atoms with E-state index in [2.05, 4.69) is 61.5 Å². The molecular formula is C29H30N2O3S. The number of aromatic nitrogens is 1. The molecule has 1 N–H and O–H groups in total. The first kappa shape index (κ1) is 24.6. The van der Waals surface area contributed by atoms with Crippen LogP contribution >= 0.6 is 11.8 Å². The van der Waals surface area contributed by atoms with Crippen molar-refractivity contribution < 1.29 is 14.6 Å². The van der Waals surface area contributed by atoms with Crippen LogP contribution in [0, 0.1) is 34.6 Å². The van der Waals surface area contributed by atoms with Crippen molar-refractivity contribution in [1.82, 2.24) is 4.57 Å². The Hall–Kier alpha value is -3.51. The second-order valence-electron chi connectivity index (χ2n) is 8.69. The van der Waals surface area contributed by atoms with Gasteiger partial charge in [-0.3, -0.25) is 0 Å². The van der Waals surface area contributed by atoms with E-state index in [0.717, 1.165) is 28.2 Å². The molecular weight excluding hydrogens is 456 g/mol. The molecule has 0 bridgehead atoms. The van der Waals surface area contributed by atoms with Crippen molar-refractivity contribution in [1.29, 1.82) is 0 Å². The summed E-state index contributed by atoms with van der Waals surface area (Å²) in [5, 5.41) is 11.5. The van der Waals surface area contributed by atoms with Crippen molar-refractivity contribution >= 4 is 34.5 Å². The molecule has 0 fully saturated rings. The fraction of sp³-hybridized carbons (Fsp3) is 0.241. The van der Waals surface area contributed by atoms with Crippen molar-refractivity contribution in [2.24, 2.45) is 4.99 Å². The third kappa shape index (κ3) is 4.84. The van der Waals surface area contributed by atoms with Crippen LogP contribution in [0.2, 0.25) is 0 Å². The van der Waals surface area contributed by atoms with E-state index in [1.807, 2.05) is 37.3 Å². The second-order valence-corrected chi connectivity index (χ2v) is 9.72. The van der Waals surface area contributed by atoms with Crippen molar-refractivity contribution in [2.45, 2.75) is 41.5 Å². The number of thioether (sulfide) groups is 1. The zero-order valence-electron chi connectivity index (χ0n) is 21.0. The van der Waals surface area contributed by atoms with Crippen LogP contribution in [0.1, 0.15) is 40.6 Å². The second kappa shape index (κ2) is 10.0. The Labute approximate surface area is 210 Å². The number of hydrogen-bond donors (Lipinski definition) is 1. The molecule has 0 atom stereocenters. The molecule has 2 heterocycles. The summed E-state index contributed by atoms with van der Waals surface area (Å²) < 4.78 is 7.45. The molecule has 5 nitrogen and oxygen atoms in total. The largest absolute Gasteiger partial charge is 0.506 e. The minimum atomic E-state index is -0.576. The van der Waals surface area contributed by atoms with E-state index in [1.54, 1.807) is 6.92 Å². The number of ether oxygens (including phenoxy) is 1. The first-order valence-electron chi connectivity index (χ1n) is 11.6. The third-order valence-electron chi connectivity index (χ3n) is 6.21. The molecule has 2 aromatic carbocycles. The molecule has 0 radical (unpaired) electrons. The normalized spacial score (nSPS) is 15.9. The highest BCUT2D eigenvalue weighted by atomic mass is 32.2. The molecule has 0 spiro atoms. The van der Waals surface area contributed by atoms with Crippen LogP contribution in [0.5, 0.6) is 0 Å². The first-order valence-corrected chi connectivity index (χ1v) is 12.4. The van der Waals surface area contributed by atoms with Gasteiger partial charge in [-0.25, -0.2) is 9.79 Å². The van der Waals surface area contributed by atoms with E-state index in [0.29, 0.717) is 15.6 Å². The number of aryl methyl sites for hydroxylation is 3. The summed E-state index contributed by atoms with van der Waals surface area (Å²) in [5.41, 5.74) is 8.65. The summed E-state index contributed by atoms with van der Waals surface area (Å²) in [7, 11) is 0. The van der Waals surface area contributed by atoms with Gasteiger partial charge in [-0.15, -0.1) is 0 Å². The van der Waals surface area contributed by atoms with Crippen LogP contribution in [-0.4, -0.2) is 27.3 Å². The van der Waals surface area contributed by atoms with E-state index in [1.165, 1.54) is 22.9 Å². The molecule has 0 saturated carbocycles. The molecule has 1 aliphatic rings. The lowest BCUT2D eigenvalue weighted by Gasteiger charge is -2.14. The lowest BCUT2D eigenvalue weighted by Crippen LogP contribution is -2.12. The molecule has 180 valence electrons. The standard InChI is InChI=1S/C29H30N2O3S/c1-7-34-29(33)26-27(32)25(35-28(26)30-23-13-11-17(2)12-14-23)16-22-15-19(4)31(21(22)6)24-10-8-9-18(3)20(24)5/h8-16,32H,7H2,1-6H3/b25-16+,30-28?. The van der Waals surface area contributed by atoms with Crippen LogP contribution in [0.25, 0.3) is 11.8 Å². The number of rotatable bonds is 5. The monoisotopic (exact) mass is 486 g/mol. The van der Waals surface area contributed by atoms with Gasteiger partial charge in [-0.2, -0.15) is 0 Å². The Morgan fingerprint density at radius 3 is 2.49 bits per heavy atom. The summed E-state index contributed by atoms with van der Waals surface area (Å²) in [6.45, 7) is 12.3. The summed E-state index contributed by atoms with van der Waals surface area (Å²) in [5.74, 6) is -0.677. The van der Waals surface area contributed by atoms with Gasteiger partial charge in [-0.1, -0.05) is 41.6 Å². The highest BCUT2D eigenvalue weighted by molar-refractivity contribution is 8.18. The zero-order chi connectivity index (χ0) is 25.3. The lowest BCUT2D eigenvalue weighted by molar-refractivity contribution is -0.138. The number of hydrogen-bond acceptors (Lipinski definition) is 5. The van der Waals surface area contributed by atoms with E-state index in [9.17, 15) is 9.90 Å². The minimum Gasteiger partial charge on any atom is -0.506 e. The molecule has 0 aliphatic carbocycles. The molecule has 4 rings (SSSR count). The van der Waals surface area contributed by atoms with Gasteiger partial charge in [-0.05, 0) is 88.6 Å². The highest BCUT2D eigenvalue weighted by Crippen LogP contribution is 2.41. The lowest BCUT2D eigenvalue weighted by atomic mass is 10.1. The van der Waals surface area contributed by atoms with Crippen molar-refractivity contribution in [3.63, 3.8) is 0 Å². The van der Waals surface area contributed by atoms with Crippen LogP contribution in [0.15, 0.2) is 69.8 Å². The summed E-state index contributed by atoms with van der Waals surface area (Å²) in [6, 6.07) is 16.1. The first-order chi connectivity index (χ1) is 16.7. The maximum Gasteiger partial charge on any atom is 0.344 e. The predicted molar refractivity (Wildman–Crippen MR) is 145 cm³/mol. The zero-order valence-corrected chi connectivity index (χ0v) is 21.8. The molecule has 0 saturated heterocycles. The number of aliphatic hydroxyl groups is 1. The smallest absolute Gasteiger partial charge is 0.344 e. The van der Waals surface area contributed by atoms with E-state index in [-0.39, 0.29) is 17.9 Å². The fourth-order valence-electron chi connectivity index (χ4n) is 4.15. The number of esters is 1. The van der Waals surface area contributed by atoms with Crippen molar-refractivity contribution in [3.8, 4) is 5.69 Å². The average Bonchev–Trinajstić information content (AvgIpc) is 3.27. The van der Waals surface area contributed by atoms with Crippen molar-refractivity contribution in [3.05, 3.63) is 98.4 Å². The molecule has 0 unspecified atom stereocenters. The van der Waals surface area contributed by atoms with Crippen LogP contribution in [0.3, 0.4) is 0 Å². The summed E-state index contributed by atoms with van der Waals surface area (Å²) in [6.07, 6.45) is 1.92. The molecule has 35 heavy (non-hydrogen) atoms. The van der Waals surface area contributed by atoms with Gasteiger partial charge < -0.3 is 14.4 Å². The Kier molecular flexibility index (Phi) is 7.03. The SMILES string of the molecule is CCOC(=O)C1=C(O)/C(=C\c2cc(C)n(-c3cccc(C)c3C)c2C)SC1=Nc1ccc(C)cc1. The predicted octanol–water partition coefficient (Wildman–Crippen LogP) is 7.21. The Morgan fingerprint density at radius 1 is 1.09 bits per heavy atom. The van der Waals surface area contributed by atoms with Gasteiger partial charge in [0.15, 0.2) is 0 Å². The van der Waals surface area contributed by atoms with E-state index in [4.69, 9.17) is 4.74 Å². The maximum absolute atomic E-state index is 12.7. The Balaban J connectivity index is 1.79. The van der Waals surface area contributed by atoms with Gasteiger partial charge in [0.25, 0.3) is 0 Å². The molecule has 1 aromatic heterocycles. The fourth-order valence-corrected chi connectivity index (χ4v) is 5.18. The quantitative estimate of drug-likeness (QED) is 0.387. The van der Waals surface area contributed by atoms with Gasteiger partial charge in [0.05, 0.1) is 17.2 Å². The molecule has 3 aromatic rings. The maximum atomic E-state index is 12.7. The average molecular weight is 487 g/mol. The Morgan fingerprint density at radius 2 is 1.80 bits per heavy atom. The molecule has 6 heteroatoms. The minimum absolute atomic E-state index is 0.101. The van der Waals surface area contributed by atoms with Gasteiger partial charge in [0.2, 0.25) is 0 Å².